The summed E-state index contributed by atoms with van der Waals surface area (Å²) < 4.78 is 80.6. The van der Waals surface area contributed by atoms with Gasteiger partial charge >= 0.3 is 6.18 Å². The van der Waals surface area contributed by atoms with Gasteiger partial charge in [0.2, 0.25) is 5.82 Å². The molecule has 3 rings (SSSR count). The maximum absolute atomic E-state index is 14.4. The quantitative estimate of drug-likeness (QED) is 0.518. The average Bonchev–Trinajstić information content (AvgIpc) is 3.08. The van der Waals surface area contributed by atoms with Crippen LogP contribution in [0.1, 0.15) is 42.7 Å². The Morgan fingerprint density at radius 2 is 2.00 bits per heavy atom. The molecule has 7 nitrogen and oxygen atoms in total. The van der Waals surface area contributed by atoms with Gasteiger partial charge in [0, 0.05) is 29.3 Å². The molecule has 0 unspecified atom stereocenters. The third kappa shape index (κ3) is 4.69. The molecule has 1 amide bonds. The Bertz CT molecular complexity index is 1110. The second kappa shape index (κ2) is 9.67. The van der Waals surface area contributed by atoms with Crippen LogP contribution in [0.15, 0.2) is 24.4 Å². The van der Waals surface area contributed by atoms with Crippen molar-refractivity contribution in [2.45, 2.75) is 50.7 Å². The molecule has 0 bridgehead atoms. The molecule has 1 fully saturated rings. The van der Waals surface area contributed by atoms with Gasteiger partial charge in [-0.25, -0.2) is 4.39 Å². The molecule has 192 valence electrons. The minimum Gasteiger partial charge on any atom is -0.493 e. The molecule has 0 spiro atoms. The number of aliphatic hydroxyl groups is 2. The van der Waals surface area contributed by atoms with E-state index in [-0.39, 0.29) is 16.9 Å². The molecule has 1 aliphatic rings. The number of benzene rings is 1. The van der Waals surface area contributed by atoms with Crippen LogP contribution in [0.2, 0.25) is 0 Å². The molecule has 1 aliphatic heterocycles. The Hall–Kier alpha value is -2.83. The van der Waals surface area contributed by atoms with Crippen molar-refractivity contribution < 1.29 is 46.4 Å². The highest BCUT2D eigenvalue weighted by atomic mass is 19.4. The van der Waals surface area contributed by atoms with E-state index in [9.17, 15) is 31.9 Å². The highest BCUT2D eigenvalue weighted by Gasteiger charge is 2.65. The van der Waals surface area contributed by atoms with Crippen LogP contribution < -0.4 is 10.1 Å². The number of aromatic nitrogens is 1. The first kappa shape index (κ1) is 26.8. The number of carbonyl (C=O) groups is 1. The summed E-state index contributed by atoms with van der Waals surface area (Å²) in [6.45, 7) is 2.91. The van der Waals surface area contributed by atoms with Gasteiger partial charge in [0.25, 0.3) is 5.91 Å². The van der Waals surface area contributed by atoms with Crippen LogP contribution in [0.3, 0.4) is 0 Å². The highest BCUT2D eigenvalue weighted by Crippen LogP contribution is 2.55. The standard InChI is InChI=1S/C23H25F5N2O5/c1-10-8-29-15(16(32)9-31)7-14(10)30-21(33)20-17(11(2)22(3,35-20)23(26,27)28)12-5-6-13(24)18(25)19(12)34-4/h5-8,11,16-17,20,31-32H,9H2,1-4H3,(H,29,30,33)/t11-,16+,17-,20+,22+/m0/s1. The number of hydrogen-bond acceptors (Lipinski definition) is 6. The van der Waals surface area contributed by atoms with Crippen LogP contribution in [-0.2, 0) is 9.53 Å². The van der Waals surface area contributed by atoms with Crippen molar-refractivity contribution in [3.8, 4) is 5.75 Å². The van der Waals surface area contributed by atoms with Crippen LogP contribution >= 0.6 is 0 Å². The predicted molar refractivity (Wildman–Crippen MR) is 114 cm³/mol. The lowest BCUT2D eigenvalue weighted by Gasteiger charge is -2.32. The number of nitrogens with zero attached hydrogens (tertiary/aromatic N) is 1. The number of pyridine rings is 1. The number of anilines is 1. The number of carbonyl (C=O) groups excluding carboxylic acids is 1. The Labute approximate surface area is 197 Å². The van der Waals surface area contributed by atoms with Gasteiger partial charge in [-0.15, -0.1) is 0 Å². The first-order valence-corrected chi connectivity index (χ1v) is 10.6. The molecule has 2 aromatic rings. The van der Waals surface area contributed by atoms with Gasteiger partial charge in [-0.05, 0) is 31.5 Å². The molecule has 12 heteroatoms. The monoisotopic (exact) mass is 504 g/mol. The maximum Gasteiger partial charge on any atom is 0.417 e. The van der Waals surface area contributed by atoms with Crippen molar-refractivity contribution in [1.82, 2.24) is 4.98 Å². The molecule has 1 aromatic carbocycles. The van der Waals surface area contributed by atoms with Crippen LogP contribution in [0.5, 0.6) is 5.75 Å². The van der Waals surface area contributed by atoms with Crippen molar-refractivity contribution in [2.75, 3.05) is 19.0 Å². The van der Waals surface area contributed by atoms with Gasteiger partial charge in [-0.2, -0.15) is 17.6 Å². The molecule has 0 radical (unpaired) electrons. The number of nitrogens with one attached hydrogen (secondary N) is 1. The van der Waals surface area contributed by atoms with Crippen molar-refractivity contribution in [3.63, 3.8) is 0 Å². The summed E-state index contributed by atoms with van der Waals surface area (Å²) in [5, 5.41) is 21.4. The minimum absolute atomic E-state index is 0.0214. The number of methoxy groups -OCH3 is 1. The molecule has 3 N–H and O–H groups in total. The topological polar surface area (TPSA) is 101 Å². The maximum atomic E-state index is 14.4. The van der Waals surface area contributed by atoms with E-state index in [1.54, 1.807) is 6.92 Å². The van der Waals surface area contributed by atoms with Gasteiger partial charge in [-0.1, -0.05) is 13.0 Å². The second-order valence-corrected chi connectivity index (χ2v) is 8.55. The van der Waals surface area contributed by atoms with Crippen molar-refractivity contribution in [3.05, 3.63) is 52.9 Å². The number of alkyl halides is 3. The fraction of sp³-hybridized carbons (Fsp3) is 0.478. The Morgan fingerprint density at radius 3 is 2.57 bits per heavy atom. The van der Waals surface area contributed by atoms with Gasteiger partial charge in [0.1, 0.15) is 12.2 Å². The van der Waals surface area contributed by atoms with E-state index in [0.29, 0.717) is 5.56 Å². The summed E-state index contributed by atoms with van der Waals surface area (Å²) in [5.41, 5.74) is -2.40. The molecule has 0 aliphatic carbocycles. The summed E-state index contributed by atoms with van der Waals surface area (Å²) >= 11 is 0. The van der Waals surface area contributed by atoms with Crippen LogP contribution in [0.25, 0.3) is 0 Å². The SMILES string of the molecule is COc1c([C@H]2[C@H](C(=O)Nc3cc([C@H](O)CO)ncc3C)O[C@@](C)(C(F)(F)F)[C@H]2C)ccc(F)c1F. The summed E-state index contributed by atoms with van der Waals surface area (Å²) in [7, 11) is 1.04. The lowest BCUT2D eigenvalue weighted by Crippen LogP contribution is -2.47. The number of rotatable bonds is 6. The molecule has 35 heavy (non-hydrogen) atoms. The largest absolute Gasteiger partial charge is 0.493 e. The van der Waals surface area contributed by atoms with E-state index < -0.39 is 65.7 Å². The number of aryl methyl sites for hydroxylation is 1. The van der Waals surface area contributed by atoms with Gasteiger partial charge in [0.15, 0.2) is 17.2 Å². The summed E-state index contributed by atoms with van der Waals surface area (Å²) in [6, 6.07) is 3.08. The summed E-state index contributed by atoms with van der Waals surface area (Å²) in [4.78, 5) is 17.2. The van der Waals surface area contributed by atoms with Crippen molar-refractivity contribution in [1.29, 1.82) is 0 Å². The number of aliphatic hydroxyl groups excluding tert-OH is 2. The van der Waals surface area contributed by atoms with Crippen LogP contribution in [0.4, 0.5) is 27.6 Å². The van der Waals surface area contributed by atoms with Gasteiger partial charge < -0.3 is 25.0 Å². The summed E-state index contributed by atoms with van der Waals surface area (Å²) in [6.07, 6.45) is -6.70. The van der Waals surface area contributed by atoms with E-state index in [4.69, 9.17) is 14.6 Å². The van der Waals surface area contributed by atoms with Crippen LogP contribution in [-0.4, -0.2) is 52.7 Å². The highest BCUT2D eigenvalue weighted by molar-refractivity contribution is 5.96. The molecule has 1 aromatic heterocycles. The first-order chi connectivity index (χ1) is 16.3. The first-order valence-electron chi connectivity index (χ1n) is 10.6. The number of ether oxygens (including phenoxy) is 2. The van der Waals surface area contributed by atoms with Gasteiger partial charge in [0.05, 0.1) is 19.4 Å². The average molecular weight is 504 g/mol. The van der Waals surface area contributed by atoms with E-state index in [1.807, 2.05) is 0 Å². The van der Waals surface area contributed by atoms with E-state index >= 15 is 0 Å². The molecule has 0 saturated carbocycles. The van der Waals surface area contributed by atoms with Crippen molar-refractivity contribution in [2.24, 2.45) is 5.92 Å². The van der Waals surface area contributed by atoms with Crippen LogP contribution in [0, 0.1) is 24.5 Å². The Kier molecular flexibility index (Phi) is 7.39. The lowest BCUT2D eigenvalue weighted by atomic mass is 9.77. The second-order valence-electron chi connectivity index (χ2n) is 8.55. The smallest absolute Gasteiger partial charge is 0.417 e. The molecule has 2 heterocycles. The fourth-order valence-electron chi connectivity index (χ4n) is 4.19. The molecule has 1 saturated heterocycles. The van der Waals surface area contributed by atoms with E-state index in [2.05, 4.69) is 10.3 Å². The normalized spacial score (nSPS) is 25.4. The lowest BCUT2D eigenvalue weighted by molar-refractivity contribution is -0.272. The number of hydrogen-bond donors (Lipinski definition) is 3. The van der Waals surface area contributed by atoms with Crippen molar-refractivity contribution >= 4 is 11.6 Å². The van der Waals surface area contributed by atoms with E-state index in [1.165, 1.54) is 19.2 Å². The number of halogens is 5. The predicted octanol–water partition coefficient (Wildman–Crippen LogP) is 3.78. The zero-order valence-corrected chi connectivity index (χ0v) is 19.3. The molecular formula is C23H25F5N2O5. The molecular weight excluding hydrogens is 479 g/mol. The Balaban J connectivity index is 2.08. The van der Waals surface area contributed by atoms with E-state index in [0.717, 1.165) is 26.2 Å². The van der Waals surface area contributed by atoms with Gasteiger partial charge in [-0.3, -0.25) is 9.78 Å². The fourth-order valence-corrected chi connectivity index (χ4v) is 4.19. The zero-order chi connectivity index (χ0) is 26.3. The Morgan fingerprint density at radius 1 is 1.34 bits per heavy atom. The summed E-state index contributed by atoms with van der Waals surface area (Å²) in [5.74, 6) is -7.04. The third-order valence-electron chi connectivity index (χ3n) is 6.47. The number of amides is 1. The molecule has 5 atom stereocenters. The zero-order valence-electron chi connectivity index (χ0n) is 19.3. The minimum atomic E-state index is -4.89. The third-order valence-corrected chi connectivity index (χ3v) is 6.47.